The van der Waals surface area contributed by atoms with Gasteiger partial charge in [-0.1, -0.05) is 0 Å². The van der Waals surface area contributed by atoms with Gasteiger partial charge in [-0.3, -0.25) is 14.9 Å². The van der Waals surface area contributed by atoms with Crippen LogP contribution in [0.1, 0.15) is 15.9 Å². The summed E-state index contributed by atoms with van der Waals surface area (Å²) in [5.41, 5.74) is 5.19. The molecule has 0 spiro atoms. The van der Waals surface area contributed by atoms with Crippen molar-refractivity contribution < 1.29 is 14.8 Å². The lowest BCUT2D eigenvalue weighted by Gasteiger charge is -2.01. The summed E-state index contributed by atoms with van der Waals surface area (Å²) in [7, 11) is 0. The Bertz CT molecular complexity index is 389. The second-order valence-corrected chi connectivity index (χ2v) is 2.70. The molecular weight excluding hydrogens is 188 g/mol. The lowest BCUT2D eigenvalue weighted by Crippen LogP contribution is -2.11. The molecule has 1 amide bonds. The van der Waals surface area contributed by atoms with E-state index in [-0.39, 0.29) is 16.9 Å². The summed E-state index contributed by atoms with van der Waals surface area (Å²) in [6, 6.07) is 3.72. The summed E-state index contributed by atoms with van der Waals surface area (Å²) in [6.07, 6.45) is 0. The highest BCUT2D eigenvalue weighted by atomic mass is 16.6. The van der Waals surface area contributed by atoms with Crippen LogP contribution in [0, 0.1) is 10.1 Å². The fraction of sp³-hybridized carbons (Fsp3) is 0.125. The zero-order valence-corrected chi connectivity index (χ0v) is 7.14. The van der Waals surface area contributed by atoms with Crippen LogP contribution in [0.5, 0.6) is 5.75 Å². The molecule has 1 rings (SSSR count). The van der Waals surface area contributed by atoms with Crippen LogP contribution < -0.4 is 5.73 Å². The molecule has 0 saturated heterocycles. The van der Waals surface area contributed by atoms with Gasteiger partial charge in [0.1, 0.15) is 5.75 Å². The zero-order chi connectivity index (χ0) is 10.7. The fourth-order valence-corrected chi connectivity index (χ4v) is 1.00. The van der Waals surface area contributed by atoms with E-state index in [0.29, 0.717) is 0 Å². The van der Waals surface area contributed by atoms with E-state index in [9.17, 15) is 20.0 Å². The number of aromatic hydroxyl groups is 1. The molecule has 3 N–H and O–H groups in total. The number of nitrogens with zero attached hydrogens (tertiary/aromatic N) is 1. The highest BCUT2D eigenvalue weighted by Crippen LogP contribution is 2.18. The van der Waals surface area contributed by atoms with Gasteiger partial charge in [-0.15, -0.1) is 0 Å². The summed E-state index contributed by atoms with van der Waals surface area (Å²) in [5.74, 6) is -0.902. The van der Waals surface area contributed by atoms with Crippen molar-refractivity contribution in [3.8, 4) is 5.75 Å². The van der Waals surface area contributed by atoms with Crippen LogP contribution >= 0.6 is 0 Å². The summed E-state index contributed by atoms with van der Waals surface area (Å²) in [5, 5.41) is 19.4. The minimum Gasteiger partial charge on any atom is -0.507 e. The van der Waals surface area contributed by atoms with Crippen molar-refractivity contribution in [1.29, 1.82) is 0 Å². The summed E-state index contributed by atoms with van der Waals surface area (Å²) in [4.78, 5) is 20.3. The third-order valence-electron chi connectivity index (χ3n) is 1.66. The number of phenols is 1. The van der Waals surface area contributed by atoms with Gasteiger partial charge in [-0.2, -0.15) is 0 Å². The maximum Gasteiger partial charge on any atom is 0.248 e. The van der Waals surface area contributed by atoms with Gasteiger partial charge in [-0.05, 0) is 18.2 Å². The molecule has 0 aliphatic heterocycles. The predicted octanol–water partition coefficient (Wildman–Crippen LogP) is 0.268. The van der Waals surface area contributed by atoms with E-state index in [4.69, 9.17) is 5.73 Å². The maximum atomic E-state index is 10.7. The molecule has 0 fully saturated rings. The van der Waals surface area contributed by atoms with Crippen molar-refractivity contribution in [2.45, 2.75) is 6.54 Å². The van der Waals surface area contributed by atoms with E-state index in [0.717, 1.165) is 0 Å². The zero-order valence-electron chi connectivity index (χ0n) is 7.14. The number of nitro groups is 1. The molecule has 0 atom stereocenters. The molecule has 1 aromatic rings. The third-order valence-corrected chi connectivity index (χ3v) is 1.66. The highest BCUT2D eigenvalue weighted by molar-refractivity contribution is 5.93. The maximum absolute atomic E-state index is 10.7. The second kappa shape index (κ2) is 3.73. The first-order chi connectivity index (χ1) is 6.50. The van der Waals surface area contributed by atoms with E-state index >= 15 is 0 Å². The molecule has 0 saturated carbocycles. The van der Waals surface area contributed by atoms with E-state index in [2.05, 4.69) is 0 Å². The number of benzene rings is 1. The van der Waals surface area contributed by atoms with Crippen molar-refractivity contribution in [2.24, 2.45) is 5.73 Å². The normalized spacial score (nSPS) is 9.71. The van der Waals surface area contributed by atoms with Crippen LogP contribution in [0.15, 0.2) is 18.2 Å². The Morgan fingerprint density at radius 2 is 2.21 bits per heavy atom. The van der Waals surface area contributed by atoms with Gasteiger partial charge in [0.25, 0.3) is 0 Å². The Morgan fingerprint density at radius 1 is 1.57 bits per heavy atom. The summed E-state index contributed by atoms with van der Waals surface area (Å²) >= 11 is 0. The Kier molecular flexibility index (Phi) is 2.66. The molecule has 0 aliphatic rings. The van der Waals surface area contributed by atoms with Crippen molar-refractivity contribution >= 4 is 5.91 Å². The molecule has 1 aromatic carbocycles. The molecule has 0 aliphatic carbocycles. The van der Waals surface area contributed by atoms with E-state index in [1.807, 2.05) is 0 Å². The molecule has 0 aromatic heterocycles. The first-order valence-corrected chi connectivity index (χ1v) is 3.74. The number of rotatable bonds is 3. The van der Waals surface area contributed by atoms with Crippen molar-refractivity contribution in [3.63, 3.8) is 0 Å². The number of carbonyl (C=O) groups is 1. The molecule has 0 heterocycles. The quantitative estimate of drug-likeness (QED) is 0.534. The number of primary amides is 1. The van der Waals surface area contributed by atoms with E-state index in [1.54, 1.807) is 0 Å². The number of nitrogens with two attached hydrogens (primary N) is 1. The van der Waals surface area contributed by atoms with Gasteiger partial charge >= 0.3 is 0 Å². The number of phenolic OH excluding ortho intramolecular Hbond substituents is 1. The van der Waals surface area contributed by atoms with E-state index < -0.39 is 17.4 Å². The minimum atomic E-state index is -0.686. The predicted molar refractivity (Wildman–Crippen MR) is 47.3 cm³/mol. The average molecular weight is 196 g/mol. The molecule has 74 valence electrons. The number of hydrogen-bond acceptors (Lipinski definition) is 4. The Morgan fingerprint density at radius 3 is 2.71 bits per heavy atom. The Labute approximate surface area is 79.1 Å². The van der Waals surface area contributed by atoms with Crippen LogP contribution in [0.2, 0.25) is 0 Å². The van der Waals surface area contributed by atoms with Crippen LogP contribution in [0.4, 0.5) is 0 Å². The number of amides is 1. The summed E-state index contributed by atoms with van der Waals surface area (Å²) in [6.45, 7) is -0.535. The summed E-state index contributed by atoms with van der Waals surface area (Å²) < 4.78 is 0. The lowest BCUT2D eigenvalue weighted by atomic mass is 10.1. The monoisotopic (exact) mass is 196 g/mol. The van der Waals surface area contributed by atoms with Gasteiger partial charge in [0.05, 0.1) is 5.56 Å². The molecule has 0 unspecified atom stereocenters. The smallest absolute Gasteiger partial charge is 0.248 e. The van der Waals surface area contributed by atoms with Crippen LogP contribution in [0.25, 0.3) is 0 Å². The van der Waals surface area contributed by atoms with Gasteiger partial charge < -0.3 is 10.8 Å². The fourth-order valence-electron chi connectivity index (χ4n) is 1.00. The highest BCUT2D eigenvalue weighted by Gasteiger charge is 2.10. The molecule has 0 radical (unpaired) electrons. The largest absolute Gasteiger partial charge is 0.507 e. The lowest BCUT2D eigenvalue weighted by molar-refractivity contribution is -0.496. The molecule has 0 bridgehead atoms. The average Bonchev–Trinajstić information content (AvgIpc) is 2.07. The Hall–Kier alpha value is -2.11. The standard InChI is InChI=1S/C8H8N2O4/c9-8(12)5-1-2-7(11)6(3-5)4-10(13)14/h1-3,11H,4H2,(H2,9,12). The van der Waals surface area contributed by atoms with Crippen LogP contribution in [0.3, 0.4) is 0 Å². The first kappa shape index (κ1) is 9.97. The molecule has 6 heteroatoms. The minimum absolute atomic E-state index is 0.0753. The van der Waals surface area contributed by atoms with E-state index in [1.165, 1.54) is 18.2 Å². The van der Waals surface area contributed by atoms with Gasteiger partial charge in [0, 0.05) is 10.5 Å². The molecular formula is C8H8N2O4. The van der Waals surface area contributed by atoms with Crippen LogP contribution in [-0.2, 0) is 6.54 Å². The van der Waals surface area contributed by atoms with Crippen LogP contribution in [-0.4, -0.2) is 15.9 Å². The first-order valence-electron chi connectivity index (χ1n) is 3.74. The SMILES string of the molecule is NC(=O)c1ccc(O)c(C[N+](=O)[O-])c1. The van der Waals surface area contributed by atoms with Crippen molar-refractivity contribution in [3.05, 3.63) is 39.4 Å². The van der Waals surface area contributed by atoms with Gasteiger partial charge in [0.2, 0.25) is 12.5 Å². The number of carbonyl (C=O) groups excluding carboxylic acids is 1. The van der Waals surface area contributed by atoms with Crippen molar-refractivity contribution in [1.82, 2.24) is 0 Å². The Balaban J connectivity index is 3.08. The number of hydrogen-bond donors (Lipinski definition) is 2. The topological polar surface area (TPSA) is 106 Å². The van der Waals surface area contributed by atoms with Crippen molar-refractivity contribution in [2.75, 3.05) is 0 Å². The molecule has 14 heavy (non-hydrogen) atoms. The second-order valence-electron chi connectivity index (χ2n) is 2.70. The van der Waals surface area contributed by atoms with Gasteiger partial charge in [0.15, 0.2) is 0 Å². The molecule has 6 nitrogen and oxygen atoms in total. The van der Waals surface area contributed by atoms with Gasteiger partial charge in [-0.25, -0.2) is 0 Å². The third kappa shape index (κ3) is 2.19.